The minimum atomic E-state index is -1.07. The Morgan fingerprint density at radius 2 is 2.00 bits per heavy atom. The molecule has 0 radical (unpaired) electrons. The summed E-state index contributed by atoms with van der Waals surface area (Å²) < 4.78 is 0. The largest absolute Gasteiger partial charge is 0.478 e. The fraction of sp³-hybridized carbons (Fsp3) is 0.267. The van der Waals surface area contributed by atoms with Crippen LogP contribution < -0.4 is 10.2 Å². The van der Waals surface area contributed by atoms with Crippen molar-refractivity contribution >= 4 is 23.5 Å². The summed E-state index contributed by atoms with van der Waals surface area (Å²) in [6.07, 6.45) is 1.35. The lowest BCUT2D eigenvalue weighted by Crippen LogP contribution is -2.44. The van der Waals surface area contributed by atoms with Crippen LogP contribution in [0.4, 0.5) is 5.95 Å². The van der Waals surface area contributed by atoms with Gasteiger partial charge in [-0.2, -0.15) is 0 Å². The van der Waals surface area contributed by atoms with Gasteiger partial charge in [0, 0.05) is 43.0 Å². The van der Waals surface area contributed by atoms with Crippen molar-refractivity contribution in [1.29, 1.82) is 0 Å². The van der Waals surface area contributed by atoms with E-state index in [2.05, 4.69) is 15.3 Å². The lowest BCUT2D eigenvalue weighted by atomic mass is 10.1. The van der Waals surface area contributed by atoms with Crippen molar-refractivity contribution in [2.75, 3.05) is 31.1 Å². The maximum Gasteiger partial charge on any atom is 0.339 e. The number of hydrogen-bond donors (Lipinski definition) is 2. The molecule has 22 heavy (non-hydrogen) atoms. The second kappa shape index (κ2) is 6.29. The zero-order valence-corrected chi connectivity index (χ0v) is 12.5. The van der Waals surface area contributed by atoms with Crippen LogP contribution in [0, 0.1) is 0 Å². The molecule has 114 valence electrons. The van der Waals surface area contributed by atoms with Gasteiger partial charge in [-0.1, -0.05) is 29.8 Å². The summed E-state index contributed by atoms with van der Waals surface area (Å²) in [6.45, 7) is 3.28. The molecule has 2 heterocycles. The zero-order chi connectivity index (χ0) is 15.5. The topological polar surface area (TPSA) is 78.3 Å². The first-order chi connectivity index (χ1) is 10.7. The molecule has 0 spiro atoms. The molecule has 1 saturated heterocycles. The first-order valence-electron chi connectivity index (χ1n) is 6.97. The third-order valence-electron chi connectivity index (χ3n) is 3.54. The number of carboxylic acid groups (broad SMARTS) is 1. The van der Waals surface area contributed by atoms with Crippen LogP contribution in [0.15, 0.2) is 30.5 Å². The number of nitrogens with one attached hydrogen (secondary N) is 1. The van der Waals surface area contributed by atoms with Crippen molar-refractivity contribution in [2.45, 2.75) is 0 Å². The number of aromatic carboxylic acids is 1. The molecule has 2 N–H and O–H groups in total. The minimum Gasteiger partial charge on any atom is -0.478 e. The number of carbonyl (C=O) groups is 1. The van der Waals surface area contributed by atoms with Gasteiger partial charge >= 0.3 is 5.97 Å². The Labute approximate surface area is 132 Å². The maximum atomic E-state index is 11.4. The van der Waals surface area contributed by atoms with Gasteiger partial charge in [0.05, 0.1) is 5.69 Å². The van der Waals surface area contributed by atoms with Crippen LogP contribution in [0.5, 0.6) is 0 Å². The molecule has 0 atom stereocenters. The molecule has 0 unspecified atom stereocenters. The smallest absolute Gasteiger partial charge is 0.339 e. The predicted octanol–water partition coefficient (Wildman–Crippen LogP) is 1.90. The number of carboxylic acids is 1. The number of hydrogen-bond acceptors (Lipinski definition) is 5. The predicted molar refractivity (Wildman–Crippen MR) is 84.5 cm³/mol. The molecule has 1 aliphatic rings. The van der Waals surface area contributed by atoms with Crippen molar-refractivity contribution in [3.8, 4) is 11.3 Å². The molecular weight excluding hydrogens is 304 g/mol. The highest BCUT2D eigenvalue weighted by atomic mass is 35.5. The highest BCUT2D eigenvalue weighted by molar-refractivity contribution is 6.33. The standard InChI is InChI=1S/C15H15ClN4O2/c16-12-4-2-1-3-10(12)13-11(14(21)22)9-18-15(19-13)20-7-5-17-6-8-20/h1-4,9,17H,5-8H2,(H,21,22). The number of aromatic nitrogens is 2. The quantitative estimate of drug-likeness (QED) is 0.900. The normalized spacial score (nSPS) is 14.9. The summed E-state index contributed by atoms with van der Waals surface area (Å²) in [5.74, 6) is -0.539. The van der Waals surface area contributed by atoms with Gasteiger partial charge in [-0.3, -0.25) is 0 Å². The van der Waals surface area contributed by atoms with E-state index in [1.165, 1.54) is 6.20 Å². The van der Waals surface area contributed by atoms with E-state index in [1.54, 1.807) is 24.3 Å². The van der Waals surface area contributed by atoms with Gasteiger partial charge in [-0.05, 0) is 6.07 Å². The number of nitrogens with zero attached hydrogens (tertiary/aromatic N) is 3. The molecule has 1 aromatic heterocycles. The van der Waals surface area contributed by atoms with Crippen molar-refractivity contribution in [1.82, 2.24) is 15.3 Å². The molecule has 0 amide bonds. The Bertz CT molecular complexity index is 702. The lowest BCUT2D eigenvalue weighted by Gasteiger charge is -2.27. The van der Waals surface area contributed by atoms with Crippen LogP contribution in [-0.2, 0) is 0 Å². The van der Waals surface area contributed by atoms with Gasteiger partial charge in [0.2, 0.25) is 5.95 Å². The molecule has 0 saturated carbocycles. The molecule has 0 bridgehead atoms. The van der Waals surface area contributed by atoms with Crippen LogP contribution in [0.1, 0.15) is 10.4 Å². The number of rotatable bonds is 3. The highest BCUT2D eigenvalue weighted by Gasteiger charge is 2.20. The van der Waals surface area contributed by atoms with Gasteiger partial charge in [0.1, 0.15) is 5.56 Å². The molecule has 3 rings (SSSR count). The van der Waals surface area contributed by atoms with Crippen LogP contribution in [0.2, 0.25) is 5.02 Å². The van der Waals surface area contributed by atoms with Crippen LogP contribution in [-0.4, -0.2) is 47.2 Å². The van der Waals surface area contributed by atoms with Crippen molar-refractivity contribution < 1.29 is 9.90 Å². The SMILES string of the molecule is O=C(O)c1cnc(N2CCNCC2)nc1-c1ccccc1Cl. The third-order valence-corrected chi connectivity index (χ3v) is 3.86. The van der Waals surface area contributed by atoms with Crippen LogP contribution in [0.25, 0.3) is 11.3 Å². The molecular formula is C15H15ClN4O2. The number of benzene rings is 1. The first-order valence-corrected chi connectivity index (χ1v) is 7.35. The fourth-order valence-corrected chi connectivity index (χ4v) is 2.63. The molecule has 6 nitrogen and oxygen atoms in total. The third kappa shape index (κ3) is 2.88. The van der Waals surface area contributed by atoms with Gasteiger partial charge in [0.15, 0.2) is 0 Å². The van der Waals surface area contributed by atoms with Gasteiger partial charge in [-0.25, -0.2) is 14.8 Å². The Morgan fingerprint density at radius 3 is 2.68 bits per heavy atom. The summed E-state index contributed by atoms with van der Waals surface area (Å²) in [5, 5.41) is 13.1. The van der Waals surface area contributed by atoms with E-state index in [0.717, 1.165) is 26.2 Å². The van der Waals surface area contributed by atoms with E-state index in [-0.39, 0.29) is 5.56 Å². The van der Waals surface area contributed by atoms with Crippen molar-refractivity contribution in [2.24, 2.45) is 0 Å². The van der Waals surface area contributed by atoms with E-state index in [1.807, 2.05) is 4.90 Å². The average Bonchev–Trinajstić information content (AvgIpc) is 2.55. The van der Waals surface area contributed by atoms with E-state index >= 15 is 0 Å². The van der Waals surface area contributed by atoms with Gasteiger partial charge in [0.25, 0.3) is 0 Å². The summed E-state index contributed by atoms with van der Waals surface area (Å²) in [7, 11) is 0. The van der Waals surface area contributed by atoms with Gasteiger partial charge in [-0.15, -0.1) is 0 Å². The van der Waals surface area contributed by atoms with Crippen molar-refractivity contribution in [3.05, 3.63) is 41.0 Å². The first kappa shape index (κ1) is 14.7. The second-order valence-corrected chi connectivity index (χ2v) is 5.36. The van der Waals surface area contributed by atoms with E-state index < -0.39 is 5.97 Å². The van der Waals surface area contributed by atoms with E-state index in [4.69, 9.17) is 11.6 Å². The Hall–Kier alpha value is -2.18. The second-order valence-electron chi connectivity index (χ2n) is 4.95. The molecule has 1 aromatic carbocycles. The molecule has 2 aromatic rings. The van der Waals surface area contributed by atoms with Crippen molar-refractivity contribution in [3.63, 3.8) is 0 Å². The molecule has 1 aliphatic heterocycles. The molecule has 0 aliphatic carbocycles. The monoisotopic (exact) mass is 318 g/mol. The maximum absolute atomic E-state index is 11.4. The highest BCUT2D eigenvalue weighted by Crippen LogP contribution is 2.29. The van der Waals surface area contributed by atoms with Crippen LogP contribution >= 0.6 is 11.6 Å². The zero-order valence-electron chi connectivity index (χ0n) is 11.8. The number of anilines is 1. The average molecular weight is 319 g/mol. The molecule has 1 fully saturated rings. The summed E-state index contributed by atoms with van der Waals surface area (Å²) in [4.78, 5) is 22.2. The summed E-state index contributed by atoms with van der Waals surface area (Å²) in [6, 6.07) is 7.08. The van der Waals surface area contributed by atoms with E-state index in [0.29, 0.717) is 22.2 Å². The lowest BCUT2D eigenvalue weighted by molar-refractivity contribution is 0.0697. The summed E-state index contributed by atoms with van der Waals surface area (Å²) >= 11 is 6.20. The van der Waals surface area contributed by atoms with Crippen LogP contribution in [0.3, 0.4) is 0 Å². The Morgan fingerprint density at radius 1 is 1.27 bits per heavy atom. The fourth-order valence-electron chi connectivity index (χ4n) is 2.40. The molecule has 7 heteroatoms. The Kier molecular flexibility index (Phi) is 4.22. The number of piperazine rings is 1. The van der Waals surface area contributed by atoms with E-state index in [9.17, 15) is 9.90 Å². The Balaban J connectivity index is 2.09. The van der Waals surface area contributed by atoms with Gasteiger partial charge < -0.3 is 15.3 Å². The number of halogens is 1. The minimum absolute atomic E-state index is 0.0481. The summed E-state index contributed by atoms with van der Waals surface area (Å²) in [5.41, 5.74) is 0.994.